The lowest BCUT2D eigenvalue weighted by atomic mass is 9.92. The SMILES string of the molecule is CC(C)(C)c1cc(NC(=O)NCc2nncn2C2CC2)n(C(C)(C)C)n1. The first-order valence-corrected chi connectivity index (χ1v) is 9.10. The zero-order valence-electron chi connectivity index (χ0n) is 16.5. The van der Waals surface area contributed by atoms with Crippen LogP contribution in [-0.4, -0.2) is 30.6 Å². The van der Waals surface area contributed by atoms with E-state index in [2.05, 4.69) is 62.4 Å². The summed E-state index contributed by atoms with van der Waals surface area (Å²) in [5.74, 6) is 1.46. The monoisotopic (exact) mass is 359 g/mol. The van der Waals surface area contributed by atoms with Gasteiger partial charge in [0.05, 0.1) is 17.8 Å². The summed E-state index contributed by atoms with van der Waals surface area (Å²) in [5.41, 5.74) is 0.610. The number of amides is 2. The zero-order chi connectivity index (χ0) is 19.1. The molecule has 2 N–H and O–H groups in total. The smallest absolute Gasteiger partial charge is 0.320 e. The lowest BCUT2D eigenvalue weighted by Crippen LogP contribution is -2.32. The average molecular weight is 359 g/mol. The Kier molecular flexibility index (Phi) is 4.54. The Labute approximate surface area is 154 Å². The highest BCUT2D eigenvalue weighted by Crippen LogP contribution is 2.35. The van der Waals surface area contributed by atoms with E-state index in [0.717, 1.165) is 24.4 Å². The summed E-state index contributed by atoms with van der Waals surface area (Å²) in [4.78, 5) is 12.4. The summed E-state index contributed by atoms with van der Waals surface area (Å²) in [6.07, 6.45) is 4.03. The first-order chi connectivity index (χ1) is 12.1. The fourth-order valence-electron chi connectivity index (χ4n) is 2.72. The van der Waals surface area contributed by atoms with Crippen molar-refractivity contribution in [2.75, 3.05) is 5.32 Å². The van der Waals surface area contributed by atoms with Gasteiger partial charge in [-0.3, -0.25) is 5.32 Å². The van der Waals surface area contributed by atoms with Gasteiger partial charge in [0.15, 0.2) is 5.82 Å². The van der Waals surface area contributed by atoms with Crippen LogP contribution in [0.1, 0.15) is 71.9 Å². The Morgan fingerprint density at radius 3 is 2.50 bits per heavy atom. The first kappa shape index (κ1) is 18.4. The molecule has 8 nitrogen and oxygen atoms in total. The molecule has 1 aliphatic rings. The number of carbonyl (C=O) groups excluding carboxylic acids is 1. The minimum absolute atomic E-state index is 0.0932. The van der Waals surface area contributed by atoms with Gasteiger partial charge in [0.1, 0.15) is 12.1 Å². The Morgan fingerprint density at radius 2 is 1.92 bits per heavy atom. The van der Waals surface area contributed by atoms with Crippen LogP contribution in [0.5, 0.6) is 0 Å². The summed E-state index contributed by atoms with van der Waals surface area (Å²) < 4.78 is 3.90. The molecular weight excluding hydrogens is 330 g/mol. The van der Waals surface area contributed by atoms with E-state index in [1.54, 1.807) is 6.33 Å². The second kappa shape index (κ2) is 6.41. The van der Waals surface area contributed by atoms with Crippen LogP contribution in [-0.2, 0) is 17.5 Å². The molecule has 0 radical (unpaired) electrons. The van der Waals surface area contributed by atoms with Gasteiger partial charge in [0.25, 0.3) is 0 Å². The number of aromatic nitrogens is 5. The van der Waals surface area contributed by atoms with Crippen molar-refractivity contribution in [3.63, 3.8) is 0 Å². The number of rotatable bonds is 4. The molecule has 0 unspecified atom stereocenters. The zero-order valence-corrected chi connectivity index (χ0v) is 16.5. The maximum Gasteiger partial charge on any atom is 0.320 e. The molecule has 1 fully saturated rings. The second-order valence-corrected chi connectivity index (χ2v) is 8.94. The number of nitrogens with zero attached hydrogens (tertiary/aromatic N) is 5. The van der Waals surface area contributed by atoms with Gasteiger partial charge in [-0.25, -0.2) is 9.48 Å². The van der Waals surface area contributed by atoms with Crippen molar-refractivity contribution in [3.05, 3.63) is 23.9 Å². The van der Waals surface area contributed by atoms with Crippen molar-refractivity contribution in [1.29, 1.82) is 0 Å². The summed E-state index contributed by atoms with van der Waals surface area (Å²) in [6.45, 7) is 12.9. The van der Waals surface area contributed by atoms with Gasteiger partial charge in [0.2, 0.25) is 0 Å². The van der Waals surface area contributed by atoms with Crippen LogP contribution in [0.2, 0.25) is 0 Å². The van der Waals surface area contributed by atoms with Crippen molar-refractivity contribution < 1.29 is 4.79 Å². The molecule has 2 amide bonds. The summed E-state index contributed by atoms with van der Waals surface area (Å²) in [7, 11) is 0. The molecule has 0 aliphatic heterocycles. The lowest BCUT2D eigenvalue weighted by Gasteiger charge is -2.23. The summed E-state index contributed by atoms with van der Waals surface area (Å²) in [5, 5.41) is 18.6. The fraction of sp³-hybridized carbons (Fsp3) is 0.667. The molecular formula is C18H29N7O. The molecule has 2 heterocycles. The Hall–Kier alpha value is -2.38. The van der Waals surface area contributed by atoms with Crippen molar-refractivity contribution in [1.82, 2.24) is 29.9 Å². The maximum absolute atomic E-state index is 12.4. The quantitative estimate of drug-likeness (QED) is 0.877. The molecule has 0 spiro atoms. The van der Waals surface area contributed by atoms with Gasteiger partial charge < -0.3 is 9.88 Å². The van der Waals surface area contributed by atoms with Gasteiger partial charge in [-0.15, -0.1) is 10.2 Å². The highest BCUT2D eigenvalue weighted by atomic mass is 16.2. The van der Waals surface area contributed by atoms with Gasteiger partial charge in [-0.1, -0.05) is 20.8 Å². The van der Waals surface area contributed by atoms with Crippen molar-refractivity contribution in [2.24, 2.45) is 0 Å². The van der Waals surface area contributed by atoms with E-state index in [0.29, 0.717) is 18.4 Å². The van der Waals surface area contributed by atoms with Crippen LogP contribution in [0.25, 0.3) is 0 Å². The third-order valence-electron chi connectivity index (χ3n) is 4.35. The number of anilines is 1. The largest absolute Gasteiger partial charge is 0.331 e. The van der Waals surface area contributed by atoms with E-state index >= 15 is 0 Å². The topological polar surface area (TPSA) is 89.7 Å². The third-order valence-corrected chi connectivity index (χ3v) is 4.35. The number of hydrogen-bond acceptors (Lipinski definition) is 4. The lowest BCUT2D eigenvalue weighted by molar-refractivity contribution is 0.250. The van der Waals surface area contributed by atoms with Gasteiger partial charge >= 0.3 is 6.03 Å². The molecule has 0 aromatic carbocycles. The van der Waals surface area contributed by atoms with Crippen LogP contribution in [0, 0.1) is 0 Å². The molecule has 0 saturated heterocycles. The number of nitrogens with one attached hydrogen (secondary N) is 2. The van der Waals surface area contributed by atoms with Crippen LogP contribution >= 0.6 is 0 Å². The first-order valence-electron chi connectivity index (χ1n) is 9.10. The molecule has 8 heteroatoms. The fourth-order valence-corrected chi connectivity index (χ4v) is 2.72. The minimum atomic E-state index is -0.277. The average Bonchev–Trinajstić information content (AvgIpc) is 3.07. The number of carbonyl (C=O) groups is 1. The van der Waals surface area contributed by atoms with Crippen molar-refractivity contribution in [2.45, 2.75) is 77.9 Å². The van der Waals surface area contributed by atoms with E-state index in [4.69, 9.17) is 5.10 Å². The number of hydrogen-bond donors (Lipinski definition) is 2. The van der Waals surface area contributed by atoms with Gasteiger partial charge in [-0.2, -0.15) is 5.10 Å². The highest BCUT2D eigenvalue weighted by molar-refractivity contribution is 5.88. The predicted molar refractivity (Wildman–Crippen MR) is 100 cm³/mol. The van der Waals surface area contributed by atoms with Crippen LogP contribution in [0.3, 0.4) is 0 Å². The summed E-state index contributed by atoms with van der Waals surface area (Å²) >= 11 is 0. The molecule has 142 valence electrons. The molecule has 26 heavy (non-hydrogen) atoms. The van der Waals surface area contributed by atoms with E-state index in [1.165, 1.54) is 0 Å². The summed E-state index contributed by atoms with van der Waals surface area (Å²) in [6, 6.07) is 2.15. The van der Waals surface area contributed by atoms with Gasteiger partial charge in [0, 0.05) is 17.5 Å². The Bertz CT molecular complexity index is 787. The molecule has 1 aliphatic carbocycles. The van der Waals surface area contributed by atoms with Crippen molar-refractivity contribution >= 4 is 11.8 Å². The predicted octanol–water partition coefficient (Wildman–Crippen LogP) is 3.18. The van der Waals surface area contributed by atoms with Crippen LogP contribution in [0.15, 0.2) is 12.4 Å². The minimum Gasteiger partial charge on any atom is -0.331 e. The molecule has 0 bridgehead atoms. The van der Waals surface area contributed by atoms with E-state index in [1.807, 2.05) is 15.3 Å². The Morgan fingerprint density at radius 1 is 1.23 bits per heavy atom. The van der Waals surface area contributed by atoms with E-state index in [-0.39, 0.29) is 17.0 Å². The molecule has 1 saturated carbocycles. The van der Waals surface area contributed by atoms with E-state index < -0.39 is 0 Å². The maximum atomic E-state index is 12.4. The molecule has 3 rings (SSSR count). The second-order valence-electron chi connectivity index (χ2n) is 8.94. The van der Waals surface area contributed by atoms with Crippen molar-refractivity contribution in [3.8, 4) is 0 Å². The van der Waals surface area contributed by atoms with Crippen LogP contribution < -0.4 is 10.6 Å². The number of urea groups is 1. The normalized spacial score (nSPS) is 15.2. The van der Waals surface area contributed by atoms with E-state index in [9.17, 15) is 4.79 Å². The third kappa shape index (κ3) is 4.05. The molecule has 2 aromatic rings. The van der Waals surface area contributed by atoms with Gasteiger partial charge in [-0.05, 0) is 33.6 Å². The van der Waals surface area contributed by atoms with Crippen LogP contribution in [0.4, 0.5) is 10.6 Å². The molecule has 2 aromatic heterocycles. The molecule has 0 atom stereocenters. The standard InChI is InChI=1S/C18H29N7O/c1-17(2,3)13-9-14(25(23-13)18(4,5)6)21-16(26)19-10-15-22-20-11-24(15)12-7-8-12/h9,11-12H,7-8,10H2,1-6H3,(H2,19,21,26). The Balaban J connectivity index is 1.70. The highest BCUT2D eigenvalue weighted by Gasteiger charge is 2.27.